The van der Waals surface area contributed by atoms with Gasteiger partial charge in [-0.25, -0.2) is 0 Å². The maximum atomic E-state index is 11.8. The Morgan fingerprint density at radius 3 is 1.31 bits per heavy atom. The molecule has 0 atom stereocenters. The Hall–Kier alpha value is -0.130. The second kappa shape index (κ2) is 4.39. The fourth-order valence-electron chi connectivity index (χ4n) is 1.32. The number of hydrogen-bond acceptors (Lipinski definition) is 2. The van der Waals surface area contributed by atoms with E-state index in [0.717, 1.165) is 0 Å². The summed E-state index contributed by atoms with van der Waals surface area (Å²) >= 11 is 0. The van der Waals surface area contributed by atoms with Crippen molar-refractivity contribution in [2.24, 2.45) is 0 Å². The summed E-state index contributed by atoms with van der Waals surface area (Å²) in [4.78, 5) is 0. The minimum atomic E-state index is -3.27. The minimum absolute atomic E-state index is 0.00704. The van der Waals surface area contributed by atoms with Crippen LogP contribution in [0, 0.1) is 0 Å². The summed E-state index contributed by atoms with van der Waals surface area (Å²) in [5.41, 5.74) is 0. The van der Waals surface area contributed by atoms with E-state index < -0.39 is 10.2 Å². The summed E-state index contributed by atoms with van der Waals surface area (Å²) in [7, 11) is -0.173. The SMILES string of the molecule is CC(C)N(C(C)C)S(=O)(=O)N(C)C. The number of nitrogens with zero attached hydrogens (tertiary/aromatic N) is 2. The molecule has 0 fully saturated rings. The smallest absolute Gasteiger partial charge is 0.195 e. The minimum Gasteiger partial charge on any atom is -0.195 e. The summed E-state index contributed by atoms with van der Waals surface area (Å²) in [5, 5.41) is 0. The molecule has 0 saturated heterocycles. The highest BCUT2D eigenvalue weighted by Gasteiger charge is 2.29. The van der Waals surface area contributed by atoms with E-state index >= 15 is 0 Å². The first-order chi connectivity index (χ1) is 5.71. The van der Waals surface area contributed by atoms with Crippen LogP contribution in [0.15, 0.2) is 0 Å². The summed E-state index contributed by atoms with van der Waals surface area (Å²) < 4.78 is 26.3. The van der Waals surface area contributed by atoms with Crippen LogP contribution in [0.5, 0.6) is 0 Å². The van der Waals surface area contributed by atoms with Crippen LogP contribution in [-0.2, 0) is 10.2 Å². The quantitative estimate of drug-likeness (QED) is 0.689. The molecule has 0 bridgehead atoms. The normalized spacial score (nSPS) is 13.7. The molecule has 80 valence electrons. The molecule has 0 amide bonds. The lowest BCUT2D eigenvalue weighted by Crippen LogP contribution is -2.47. The third-order valence-electron chi connectivity index (χ3n) is 1.75. The van der Waals surface area contributed by atoms with Crippen LogP contribution in [0.2, 0.25) is 0 Å². The van der Waals surface area contributed by atoms with Crippen molar-refractivity contribution in [3.63, 3.8) is 0 Å². The molecule has 0 aliphatic rings. The maximum Gasteiger partial charge on any atom is 0.281 e. The fourth-order valence-corrected chi connectivity index (χ4v) is 2.76. The van der Waals surface area contributed by atoms with E-state index in [2.05, 4.69) is 0 Å². The highest BCUT2D eigenvalue weighted by molar-refractivity contribution is 7.86. The van der Waals surface area contributed by atoms with Gasteiger partial charge in [0.1, 0.15) is 0 Å². The summed E-state index contributed by atoms with van der Waals surface area (Å²) in [6.45, 7) is 7.50. The fraction of sp³-hybridized carbons (Fsp3) is 1.00. The van der Waals surface area contributed by atoms with Gasteiger partial charge in [-0.3, -0.25) is 0 Å². The summed E-state index contributed by atoms with van der Waals surface area (Å²) in [6, 6.07) is -0.0141. The van der Waals surface area contributed by atoms with E-state index in [-0.39, 0.29) is 12.1 Å². The van der Waals surface area contributed by atoms with E-state index in [1.54, 1.807) is 14.1 Å². The van der Waals surface area contributed by atoms with Gasteiger partial charge >= 0.3 is 0 Å². The molecule has 0 aromatic carbocycles. The van der Waals surface area contributed by atoms with E-state index in [0.29, 0.717) is 0 Å². The van der Waals surface area contributed by atoms with Crippen molar-refractivity contribution in [3.8, 4) is 0 Å². The molecule has 4 nitrogen and oxygen atoms in total. The first-order valence-corrected chi connectivity index (χ1v) is 5.82. The molecule has 0 N–H and O–H groups in total. The van der Waals surface area contributed by atoms with Crippen molar-refractivity contribution >= 4 is 10.2 Å². The first-order valence-electron chi connectivity index (χ1n) is 4.42. The molecule has 0 spiro atoms. The van der Waals surface area contributed by atoms with Gasteiger partial charge in [0.15, 0.2) is 0 Å². The molecule has 0 aromatic heterocycles. The molecular formula is C8H20N2O2S. The Balaban J connectivity index is 4.97. The topological polar surface area (TPSA) is 40.6 Å². The molecule has 0 aliphatic carbocycles. The van der Waals surface area contributed by atoms with Crippen molar-refractivity contribution in [3.05, 3.63) is 0 Å². The second-order valence-electron chi connectivity index (χ2n) is 3.81. The van der Waals surface area contributed by atoms with Crippen LogP contribution in [0.1, 0.15) is 27.7 Å². The van der Waals surface area contributed by atoms with Crippen LogP contribution in [-0.4, -0.2) is 43.2 Å². The molecule has 0 radical (unpaired) electrons. The largest absolute Gasteiger partial charge is 0.281 e. The van der Waals surface area contributed by atoms with Gasteiger partial charge in [-0.1, -0.05) is 0 Å². The predicted octanol–water partition coefficient (Wildman–Crippen LogP) is 0.912. The van der Waals surface area contributed by atoms with Gasteiger partial charge in [0.25, 0.3) is 10.2 Å². The molecule has 5 heteroatoms. The average molecular weight is 208 g/mol. The standard InChI is InChI=1S/C8H20N2O2S/c1-7(2)10(8(3)4)13(11,12)9(5)6/h7-8H,1-6H3. The van der Waals surface area contributed by atoms with Crippen LogP contribution in [0.3, 0.4) is 0 Å². The molecular weight excluding hydrogens is 188 g/mol. The van der Waals surface area contributed by atoms with Crippen LogP contribution >= 0.6 is 0 Å². The van der Waals surface area contributed by atoms with Crippen molar-refractivity contribution in [1.82, 2.24) is 8.61 Å². The van der Waals surface area contributed by atoms with Gasteiger partial charge < -0.3 is 0 Å². The van der Waals surface area contributed by atoms with Crippen molar-refractivity contribution in [2.75, 3.05) is 14.1 Å². The Bertz CT molecular complexity index is 237. The third-order valence-corrected chi connectivity index (χ3v) is 4.04. The van der Waals surface area contributed by atoms with Gasteiger partial charge in [0.05, 0.1) is 0 Å². The summed E-state index contributed by atoms with van der Waals surface area (Å²) in [6.07, 6.45) is 0. The Morgan fingerprint density at radius 2 is 1.23 bits per heavy atom. The highest BCUT2D eigenvalue weighted by atomic mass is 32.2. The predicted molar refractivity (Wildman–Crippen MR) is 54.7 cm³/mol. The molecule has 13 heavy (non-hydrogen) atoms. The van der Waals surface area contributed by atoms with E-state index in [1.165, 1.54) is 8.61 Å². The first kappa shape index (κ1) is 12.9. The van der Waals surface area contributed by atoms with Crippen LogP contribution in [0.25, 0.3) is 0 Å². The van der Waals surface area contributed by atoms with Crippen molar-refractivity contribution < 1.29 is 8.42 Å². The van der Waals surface area contributed by atoms with E-state index in [1.807, 2.05) is 27.7 Å². The van der Waals surface area contributed by atoms with E-state index in [9.17, 15) is 8.42 Å². The van der Waals surface area contributed by atoms with Gasteiger partial charge in [0.2, 0.25) is 0 Å². The lowest BCUT2D eigenvalue weighted by molar-refractivity contribution is 0.283. The average Bonchev–Trinajstić information content (AvgIpc) is 1.82. The Labute approximate surface area is 81.7 Å². The number of hydrogen-bond donors (Lipinski definition) is 0. The maximum absolute atomic E-state index is 11.8. The van der Waals surface area contributed by atoms with Crippen LogP contribution in [0.4, 0.5) is 0 Å². The Kier molecular flexibility index (Phi) is 4.35. The van der Waals surface area contributed by atoms with Gasteiger partial charge in [-0.2, -0.15) is 17.0 Å². The number of rotatable bonds is 4. The molecule has 0 aromatic rings. The molecule has 0 rings (SSSR count). The lowest BCUT2D eigenvalue weighted by Gasteiger charge is -2.31. The lowest BCUT2D eigenvalue weighted by atomic mass is 10.3. The highest BCUT2D eigenvalue weighted by Crippen LogP contribution is 2.13. The molecule has 0 unspecified atom stereocenters. The van der Waals surface area contributed by atoms with Crippen LogP contribution < -0.4 is 0 Å². The van der Waals surface area contributed by atoms with Gasteiger partial charge in [0, 0.05) is 26.2 Å². The molecule has 0 aliphatic heterocycles. The second-order valence-corrected chi connectivity index (χ2v) is 5.86. The zero-order valence-electron chi connectivity index (χ0n) is 9.27. The van der Waals surface area contributed by atoms with E-state index in [4.69, 9.17) is 0 Å². The van der Waals surface area contributed by atoms with Gasteiger partial charge in [-0.15, -0.1) is 0 Å². The third kappa shape index (κ3) is 2.93. The van der Waals surface area contributed by atoms with Crippen molar-refractivity contribution in [2.45, 2.75) is 39.8 Å². The van der Waals surface area contributed by atoms with Crippen molar-refractivity contribution in [1.29, 1.82) is 0 Å². The zero-order valence-corrected chi connectivity index (χ0v) is 10.1. The zero-order chi connectivity index (χ0) is 10.8. The molecule has 0 saturated carbocycles. The monoisotopic (exact) mass is 208 g/mol. The van der Waals surface area contributed by atoms with Gasteiger partial charge in [-0.05, 0) is 27.7 Å². The summed E-state index contributed by atoms with van der Waals surface area (Å²) in [5.74, 6) is 0. The Morgan fingerprint density at radius 1 is 0.923 bits per heavy atom. The molecule has 0 heterocycles.